The van der Waals surface area contributed by atoms with Crippen LogP contribution in [0.5, 0.6) is 0 Å². The molecular weight excluding hydrogens is 1300 g/mol. The maximum Gasteiger partial charge on any atom is 0.416 e. The molecule has 30 nitrogen and oxygen atoms in total. The lowest BCUT2D eigenvalue weighted by Gasteiger charge is -2.16. The molecule has 40 heteroatoms. The number of benzene rings is 4. The topological polar surface area (TPSA) is 531 Å². The molecule has 0 saturated carbocycles. The Balaban J connectivity index is 0.000000487. The molecule has 6 amide bonds. The van der Waals surface area contributed by atoms with E-state index in [9.17, 15) is 101 Å². The first-order valence-electron chi connectivity index (χ1n) is 25.7. The van der Waals surface area contributed by atoms with Crippen molar-refractivity contribution in [3.63, 3.8) is 0 Å². The van der Waals surface area contributed by atoms with Crippen LogP contribution in [0.3, 0.4) is 0 Å². The number of ketones is 3. The Hall–Kier alpha value is -12.5. The van der Waals surface area contributed by atoms with Gasteiger partial charge in [-0.05, 0) is 90.9 Å². The number of hydrogen-bond acceptors (Lipinski definition) is 15. The number of nitrogens with zero attached hydrogens (tertiary/aromatic N) is 3. The standard InChI is InChI=1S/C21H19F4N5O5.C17H18F3N5O5.C17H16F3N5O5/c22-13-3-1-10(2-4-13)18(34)15(8-17(32)33)30-16(31)9-28-19(35)11-5-12(21(23,24)25)7-14(6-11)29-20(26)27;2*1-2-12(26)11(6-14(28)29)25-13(27)7-23-15(30)8-3-9(17(18,19)20)5-10(4-8)24-16(21)22/h1-7,15H,8-9H2,(H,28,35)(H,30,31)(H,32,33)(H4,26,27,29);2-5,11H,1,6-7H2,(H,23,30)(H,25,27)(H,28,29)(H4,21,22,24);1,3-5,11H,6-7H2,(H,23,30)(H,25,27)(H,28,29)(H4,21,22,24). The number of carbonyl (C=O) groups is 12. The average molecular weight is 1350 g/mol. The number of nitrogens with two attached hydrogens (primary N) is 6. The Kier molecular flexibility index (Phi) is 29.1. The molecule has 3 unspecified atom stereocenters. The molecular formula is C55H53F10N15O15. The van der Waals surface area contributed by atoms with Crippen LogP contribution in [0.4, 0.5) is 61.0 Å². The van der Waals surface area contributed by atoms with Crippen LogP contribution in [-0.4, -0.2) is 142 Å². The van der Waals surface area contributed by atoms with Crippen molar-refractivity contribution in [3.05, 3.63) is 136 Å². The van der Waals surface area contributed by atoms with Crippen molar-refractivity contribution in [3.8, 4) is 12.3 Å². The van der Waals surface area contributed by atoms with Gasteiger partial charge in [-0.25, -0.2) is 19.4 Å². The molecule has 0 aliphatic rings. The number of Topliss-reactive ketones (excluding diaryl/α,β-unsaturated/α-hetero) is 2. The summed E-state index contributed by atoms with van der Waals surface area (Å²) in [5, 5.41) is 38.9. The predicted octanol–water partition coefficient (Wildman–Crippen LogP) is 0.878. The van der Waals surface area contributed by atoms with E-state index < -0.39 is 203 Å². The predicted molar refractivity (Wildman–Crippen MR) is 310 cm³/mol. The SMILES string of the molecule is C#CC(=O)C(CC(=O)O)NC(=O)CNC(=O)c1cc(N=C(N)N)cc(C(F)(F)F)c1.C=CC(=O)C(CC(=O)O)NC(=O)CNC(=O)c1cc(N=C(N)N)cc(C(F)(F)F)c1.NC(N)=Nc1cc(C(=O)NCC(=O)NC(CC(=O)O)C(=O)c2ccc(F)cc2)cc(C(F)(F)F)c1. The Bertz CT molecular complexity index is 3750. The third-order valence-corrected chi connectivity index (χ3v) is 11.1. The van der Waals surface area contributed by atoms with Gasteiger partial charge in [0.1, 0.15) is 23.9 Å². The highest BCUT2D eigenvalue weighted by Gasteiger charge is 2.35. The molecule has 4 aromatic rings. The van der Waals surface area contributed by atoms with Crippen LogP contribution < -0.4 is 66.3 Å². The molecule has 4 aromatic carbocycles. The van der Waals surface area contributed by atoms with Crippen molar-refractivity contribution in [2.24, 2.45) is 49.4 Å². The summed E-state index contributed by atoms with van der Waals surface area (Å²) in [6.45, 7) is 0.857. The van der Waals surface area contributed by atoms with Crippen LogP contribution in [0, 0.1) is 18.2 Å². The van der Waals surface area contributed by atoms with Gasteiger partial charge >= 0.3 is 36.4 Å². The molecule has 0 aliphatic carbocycles. The maximum atomic E-state index is 13.1. The molecule has 0 saturated heterocycles. The van der Waals surface area contributed by atoms with E-state index >= 15 is 0 Å². The number of hydrogen-bond donors (Lipinski definition) is 15. The number of rotatable bonds is 26. The number of alkyl halides is 9. The fourth-order valence-electron chi connectivity index (χ4n) is 7.11. The molecule has 0 bridgehead atoms. The van der Waals surface area contributed by atoms with Gasteiger partial charge in [-0.3, -0.25) is 57.5 Å². The second-order valence-electron chi connectivity index (χ2n) is 18.6. The molecule has 0 aliphatic heterocycles. The van der Waals surface area contributed by atoms with E-state index in [2.05, 4.69) is 42.8 Å². The Labute approximate surface area is 526 Å². The number of aliphatic carboxylic acids is 3. The largest absolute Gasteiger partial charge is 0.481 e. The van der Waals surface area contributed by atoms with E-state index in [0.29, 0.717) is 36.4 Å². The highest BCUT2D eigenvalue weighted by atomic mass is 19.4. The molecule has 0 fully saturated rings. The number of halogens is 10. The van der Waals surface area contributed by atoms with Crippen molar-refractivity contribution < 1.29 is 117 Å². The third kappa shape index (κ3) is 28.5. The van der Waals surface area contributed by atoms with Crippen molar-refractivity contribution in [1.82, 2.24) is 31.9 Å². The van der Waals surface area contributed by atoms with Crippen molar-refractivity contribution >= 4 is 106 Å². The molecule has 4 rings (SSSR count). The zero-order valence-corrected chi connectivity index (χ0v) is 48.2. The van der Waals surface area contributed by atoms with E-state index in [0.717, 1.165) is 48.5 Å². The Morgan fingerprint density at radius 3 is 1.05 bits per heavy atom. The lowest BCUT2D eigenvalue weighted by molar-refractivity contribution is -0.140. The third-order valence-electron chi connectivity index (χ3n) is 11.1. The molecule has 3 atom stereocenters. The van der Waals surface area contributed by atoms with Gasteiger partial charge in [0.2, 0.25) is 23.5 Å². The summed E-state index contributed by atoms with van der Waals surface area (Å²) in [5.41, 5.74) is 24.6. The van der Waals surface area contributed by atoms with Gasteiger partial charge in [-0.1, -0.05) is 6.58 Å². The number of aliphatic imine (C=N–C) groups is 3. The van der Waals surface area contributed by atoms with Gasteiger partial charge in [0, 0.05) is 22.3 Å². The first-order valence-corrected chi connectivity index (χ1v) is 25.7. The second kappa shape index (κ2) is 35.2. The van der Waals surface area contributed by atoms with E-state index in [1.807, 2.05) is 10.6 Å². The molecule has 0 aromatic heterocycles. The van der Waals surface area contributed by atoms with E-state index in [4.69, 9.17) is 56.1 Å². The van der Waals surface area contributed by atoms with Gasteiger partial charge in [0.05, 0.1) is 72.6 Å². The minimum atomic E-state index is -4.83. The number of carbonyl (C=O) groups excluding carboxylic acids is 9. The van der Waals surface area contributed by atoms with Gasteiger partial charge in [0.25, 0.3) is 17.7 Å². The van der Waals surface area contributed by atoms with Crippen molar-refractivity contribution in [2.45, 2.75) is 55.9 Å². The van der Waals surface area contributed by atoms with Gasteiger partial charge in [0.15, 0.2) is 29.4 Å². The van der Waals surface area contributed by atoms with E-state index in [1.54, 1.807) is 5.92 Å². The van der Waals surface area contributed by atoms with Gasteiger partial charge in [-0.15, -0.1) is 6.42 Å². The average Bonchev–Trinajstić information content (AvgIpc) is 0.853. The van der Waals surface area contributed by atoms with Crippen LogP contribution in [0.1, 0.15) is 77.4 Å². The number of guanidine groups is 3. The lowest BCUT2D eigenvalue weighted by atomic mass is 10.0. The van der Waals surface area contributed by atoms with Crippen LogP contribution in [0.25, 0.3) is 0 Å². The van der Waals surface area contributed by atoms with Crippen molar-refractivity contribution in [1.29, 1.82) is 0 Å². The fraction of sp³-hybridized carbons (Fsp3) is 0.218. The molecule has 0 radical (unpaired) electrons. The normalized spacial score (nSPS) is 11.7. The molecule has 508 valence electrons. The maximum absolute atomic E-state index is 13.1. The Morgan fingerprint density at radius 2 is 0.768 bits per heavy atom. The number of carboxylic acids is 3. The fourth-order valence-corrected chi connectivity index (χ4v) is 7.11. The van der Waals surface area contributed by atoms with Crippen LogP contribution in [-0.2, 0) is 56.9 Å². The highest BCUT2D eigenvalue weighted by molar-refractivity contribution is 6.06. The number of amides is 6. The second-order valence-corrected chi connectivity index (χ2v) is 18.6. The van der Waals surface area contributed by atoms with E-state index in [-0.39, 0.29) is 22.6 Å². The van der Waals surface area contributed by atoms with Gasteiger partial charge < -0.3 is 81.6 Å². The molecule has 0 spiro atoms. The number of nitrogens with one attached hydrogen (secondary N) is 6. The molecule has 21 N–H and O–H groups in total. The zero-order chi connectivity index (χ0) is 72.5. The minimum Gasteiger partial charge on any atom is -0.481 e. The summed E-state index contributed by atoms with van der Waals surface area (Å²) >= 11 is 0. The van der Waals surface area contributed by atoms with Crippen molar-refractivity contribution in [2.75, 3.05) is 19.6 Å². The minimum absolute atomic E-state index is 0.0711. The first-order chi connectivity index (χ1) is 43.9. The summed E-state index contributed by atoms with van der Waals surface area (Å²) in [6, 6.07) is 5.96. The number of terminal acetylenes is 1. The molecule has 95 heavy (non-hydrogen) atoms. The monoisotopic (exact) mass is 1350 g/mol. The number of carboxylic acid groups (broad SMARTS) is 3. The highest BCUT2D eigenvalue weighted by Crippen LogP contribution is 2.35. The lowest BCUT2D eigenvalue weighted by Crippen LogP contribution is -2.46. The van der Waals surface area contributed by atoms with Crippen LogP contribution in [0.15, 0.2) is 106 Å². The first kappa shape index (κ1) is 78.6. The van der Waals surface area contributed by atoms with Crippen LogP contribution >= 0.6 is 0 Å². The Morgan fingerprint density at radius 1 is 0.474 bits per heavy atom. The summed E-state index contributed by atoms with van der Waals surface area (Å²) < 4.78 is 131. The summed E-state index contributed by atoms with van der Waals surface area (Å²) in [7, 11) is 0. The summed E-state index contributed by atoms with van der Waals surface area (Å²) in [5.74, 6) is -13.6. The van der Waals surface area contributed by atoms with Gasteiger partial charge in [-0.2, -0.15) is 39.5 Å². The zero-order valence-electron chi connectivity index (χ0n) is 48.2. The van der Waals surface area contributed by atoms with E-state index in [1.165, 1.54) is 0 Å². The smallest absolute Gasteiger partial charge is 0.416 e. The molecule has 0 heterocycles. The summed E-state index contributed by atoms with van der Waals surface area (Å²) in [6.07, 6.45) is -11.1. The van der Waals surface area contributed by atoms with Crippen LogP contribution in [0.2, 0.25) is 0 Å². The summed E-state index contributed by atoms with van der Waals surface area (Å²) in [4.78, 5) is 151. The quantitative estimate of drug-likeness (QED) is 0.00789.